The number of nitro groups is 1. The average molecular weight is 328 g/mol. The Hall–Kier alpha value is -2.47. The molecule has 0 unspecified atom stereocenters. The summed E-state index contributed by atoms with van der Waals surface area (Å²) in [6.45, 7) is 0.469. The standard InChI is InChI=1S/C17H16N2O3S/c1-23-16-13-9-5-6-10-14(13)22-17(15(16)19(20)21)18-11-12-7-3-2-4-8-12/h2-10,16,18H,11H2,1H3/t16-/m1/s1. The number of para-hydroxylation sites is 1. The zero-order valence-corrected chi connectivity index (χ0v) is 13.4. The van der Waals surface area contributed by atoms with Crippen LogP contribution in [0.5, 0.6) is 5.75 Å². The van der Waals surface area contributed by atoms with Crippen LogP contribution in [0.4, 0.5) is 0 Å². The molecule has 1 aliphatic heterocycles. The van der Waals surface area contributed by atoms with Crippen molar-refractivity contribution in [2.45, 2.75) is 11.8 Å². The third-order valence-electron chi connectivity index (χ3n) is 3.62. The van der Waals surface area contributed by atoms with E-state index in [-0.39, 0.29) is 21.8 Å². The Kier molecular flexibility index (Phi) is 4.52. The second kappa shape index (κ2) is 6.75. The Morgan fingerprint density at radius 2 is 1.87 bits per heavy atom. The molecule has 0 amide bonds. The van der Waals surface area contributed by atoms with Crippen LogP contribution in [0.15, 0.2) is 66.2 Å². The molecule has 0 spiro atoms. The zero-order valence-electron chi connectivity index (χ0n) is 12.6. The third kappa shape index (κ3) is 3.17. The lowest BCUT2D eigenvalue weighted by Crippen LogP contribution is -2.28. The molecule has 0 saturated carbocycles. The van der Waals surface area contributed by atoms with Crippen molar-refractivity contribution in [2.24, 2.45) is 0 Å². The van der Waals surface area contributed by atoms with E-state index in [2.05, 4.69) is 5.32 Å². The van der Waals surface area contributed by atoms with Crippen LogP contribution in [-0.2, 0) is 6.54 Å². The number of nitrogens with zero attached hydrogens (tertiary/aromatic N) is 1. The maximum absolute atomic E-state index is 11.6. The van der Waals surface area contributed by atoms with Crippen LogP contribution < -0.4 is 10.1 Å². The molecule has 0 radical (unpaired) electrons. The Morgan fingerprint density at radius 3 is 2.57 bits per heavy atom. The molecule has 1 atom stereocenters. The molecular formula is C17H16N2O3S. The fourth-order valence-corrected chi connectivity index (χ4v) is 3.41. The fraction of sp³-hybridized carbons (Fsp3) is 0.176. The molecule has 1 aliphatic rings. The van der Waals surface area contributed by atoms with E-state index in [4.69, 9.17) is 4.74 Å². The lowest BCUT2D eigenvalue weighted by molar-refractivity contribution is -0.431. The summed E-state index contributed by atoms with van der Waals surface area (Å²) in [5, 5.41) is 14.3. The summed E-state index contributed by atoms with van der Waals surface area (Å²) in [7, 11) is 0. The number of ether oxygens (including phenoxy) is 1. The second-order valence-corrected chi connectivity index (χ2v) is 6.01. The van der Waals surface area contributed by atoms with Crippen molar-refractivity contribution in [1.82, 2.24) is 5.32 Å². The molecular weight excluding hydrogens is 312 g/mol. The Bertz CT molecular complexity index is 747. The molecule has 0 fully saturated rings. The molecule has 0 saturated heterocycles. The zero-order chi connectivity index (χ0) is 16.2. The molecule has 23 heavy (non-hydrogen) atoms. The molecule has 0 aromatic heterocycles. The smallest absolute Gasteiger partial charge is 0.323 e. The van der Waals surface area contributed by atoms with E-state index in [1.54, 1.807) is 0 Å². The Balaban J connectivity index is 1.93. The van der Waals surface area contributed by atoms with Gasteiger partial charge < -0.3 is 10.1 Å². The van der Waals surface area contributed by atoms with Gasteiger partial charge in [0.15, 0.2) is 0 Å². The number of benzene rings is 2. The van der Waals surface area contributed by atoms with Gasteiger partial charge in [-0.05, 0) is 17.9 Å². The van der Waals surface area contributed by atoms with Crippen LogP contribution >= 0.6 is 11.8 Å². The summed E-state index contributed by atoms with van der Waals surface area (Å²) in [5.41, 5.74) is 1.93. The second-order valence-electron chi connectivity index (χ2n) is 5.07. The minimum Gasteiger partial charge on any atom is -0.435 e. The molecule has 0 aliphatic carbocycles. The van der Waals surface area contributed by atoms with E-state index < -0.39 is 0 Å². The molecule has 6 heteroatoms. The quantitative estimate of drug-likeness (QED) is 0.669. The molecule has 1 heterocycles. The van der Waals surface area contributed by atoms with Crippen molar-refractivity contribution in [1.29, 1.82) is 0 Å². The average Bonchev–Trinajstić information content (AvgIpc) is 2.59. The van der Waals surface area contributed by atoms with Crippen LogP contribution in [0.3, 0.4) is 0 Å². The van der Waals surface area contributed by atoms with Crippen LogP contribution in [0.1, 0.15) is 16.4 Å². The van der Waals surface area contributed by atoms with Crippen LogP contribution in [0.25, 0.3) is 0 Å². The van der Waals surface area contributed by atoms with E-state index in [1.807, 2.05) is 60.9 Å². The molecule has 5 nitrogen and oxygen atoms in total. The minimum atomic E-state index is -0.357. The van der Waals surface area contributed by atoms with Crippen LogP contribution in [0, 0.1) is 10.1 Å². The van der Waals surface area contributed by atoms with Gasteiger partial charge in [-0.25, -0.2) is 0 Å². The van der Waals surface area contributed by atoms with Gasteiger partial charge in [-0.2, -0.15) is 0 Å². The SMILES string of the molecule is CS[C@H]1C([N+](=O)[O-])=C(NCc2ccccc2)Oc2ccccc21. The predicted octanol–water partition coefficient (Wildman–Crippen LogP) is 3.72. The first-order valence-electron chi connectivity index (χ1n) is 7.16. The van der Waals surface area contributed by atoms with E-state index in [0.717, 1.165) is 11.1 Å². The minimum absolute atomic E-state index is 0.0622. The van der Waals surface area contributed by atoms with Gasteiger partial charge in [0.05, 0.1) is 4.92 Å². The molecule has 1 N–H and O–H groups in total. The largest absolute Gasteiger partial charge is 0.435 e. The molecule has 2 aromatic rings. The van der Waals surface area contributed by atoms with Gasteiger partial charge in [0, 0.05) is 12.1 Å². The first-order chi connectivity index (χ1) is 11.2. The van der Waals surface area contributed by atoms with Crippen molar-refractivity contribution in [3.63, 3.8) is 0 Å². The van der Waals surface area contributed by atoms with Crippen molar-refractivity contribution in [3.05, 3.63) is 87.4 Å². The van der Waals surface area contributed by atoms with Crippen molar-refractivity contribution < 1.29 is 9.66 Å². The van der Waals surface area contributed by atoms with Gasteiger partial charge in [0.2, 0.25) is 0 Å². The summed E-state index contributed by atoms with van der Waals surface area (Å²) in [5.74, 6) is 0.880. The monoisotopic (exact) mass is 328 g/mol. The van der Waals surface area contributed by atoms with E-state index >= 15 is 0 Å². The van der Waals surface area contributed by atoms with Crippen molar-refractivity contribution >= 4 is 11.8 Å². The molecule has 118 valence electrons. The van der Waals surface area contributed by atoms with Gasteiger partial charge in [-0.3, -0.25) is 10.1 Å². The number of fused-ring (bicyclic) bond motifs is 1. The molecule has 2 aromatic carbocycles. The topological polar surface area (TPSA) is 64.4 Å². The fourth-order valence-electron chi connectivity index (χ4n) is 2.54. The first-order valence-corrected chi connectivity index (χ1v) is 8.45. The highest BCUT2D eigenvalue weighted by Crippen LogP contribution is 2.44. The van der Waals surface area contributed by atoms with Crippen LogP contribution in [0.2, 0.25) is 0 Å². The highest BCUT2D eigenvalue weighted by atomic mass is 32.2. The van der Waals surface area contributed by atoms with Gasteiger partial charge in [-0.1, -0.05) is 48.5 Å². The maximum Gasteiger partial charge on any atom is 0.323 e. The first kappa shape index (κ1) is 15.4. The van der Waals surface area contributed by atoms with E-state index in [9.17, 15) is 10.1 Å². The van der Waals surface area contributed by atoms with Gasteiger partial charge >= 0.3 is 5.70 Å². The van der Waals surface area contributed by atoms with E-state index in [1.165, 1.54) is 11.8 Å². The number of hydrogen-bond acceptors (Lipinski definition) is 5. The summed E-state index contributed by atoms with van der Waals surface area (Å²) >= 11 is 1.43. The summed E-state index contributed by atoms with van der Waals surface area (Å²) in [6.07, 6.45) is 1.87. The van der Waals surface area contributed by atoms with Crippen molar-refractivity contribution in [3.8, 4) is 5.75 Å². The number of rotatable bonds is 5. The van der Waals surface area contributed by atoms with Gasteiger partial charge in [0.1, 0.15) is 11.0 Å². The van der Waals surface area contributed by atoms with Gasteiger partial charge in [-0.15, -0.1) is 11.8 Å². The number of hydrogen-bond donors (Lipinski definition) is 1. The normalized spacial score (nSPS) is 16.5. The highest BCUT2D eigenvalue weighted by Gasteiger charge is 2.37. The number of thioether (sulfide) groups is 1. The highest BCUT2D eigenvalue weighted by molar-refractivity contribution is 7.99. The van der Waals surface area contributed by atoms with Crippen LogP contribution in [-0.4, -0.2) is 11.2 Å². The third-order valence-corrected chi connectivity index (χ3v) is 4.57. The Morgan fingerprint density at radius 1 is 1.17 bits per heavy atom. The van der Waals surface area contributed by atoms with E-state index in [0.29, 0.717) is 12.3 Å². The lowest BCUT2D eigenvalue weighted by Gasteiger charge is -2.24. The lowest BCUT2D eigenvalue weighted by atomic mass is 10.1. The summed E-state index contributed by atoms with van der Waals surface area (Å²) in [4.78, 5) is 11.2. The van der Waals surface area contributed by atoms with Crippen molar-refractivity contribution in [2.75, 3.05) is 6.26 Å². The van der Waals surface area contributed by atoms with Gasteiger partial charge in [0.25, 0.3) is 5.88 Å². The summed E-state index contributed by atoms with van der Waals surface area (Å²) < 4.78 is 5.77. The maximum atomic E-state index is 11.6. The number of nitrogens with one attached hydrogen (secondary N) is 1. The molecule has 0 bridgehead atoms. The molecule has 3 rings (SSSR count). The Labute approximate surface area is 138 Å². The predicted molar refractivity (Wildman–Crippen MR) is 90.6 cm³/mol. The summed E-state index contributed by atoms with van der Waals surface area (Å²) in [6, 6.07) is 17.1.